The monoisotopic (exact) mass is 426 g/mol. The highest BCUT2D eigenvalue weighted by molar-refractivity contribution is 5.95. The van der Waals surface area contributed by atoms with Crippen LogP contribution in [0, 0.1) is 5.92 Å². The topological polar surface area (TPSA) is 60.2 Å². The van der Waals surface area contributed by atoms with Crippen LogP contribution < -0.4 is 0 Å². The number of rotatable bonds is 5. The fourth-order valence-corrected chi connectivity index (χ4v) is 4.47. The van der Waals surface area contributed by atoms with E-state index >= 15 is 0 Å². The summed E-state index contributed by atoms with van der Waals surface area (Å²) >= 11 is 0. The first kappa shape index (κ1) is 20.4. The molecule has 1 saturated heterocycles. The lowest BCUT2D eigenvalue weighted by Crippen LogP contribution is -2.37. The normalized spacial score (nSPS) is 16.8. The summed E-state index contributed by atoms with van der Waals surface area (Å²) in [6.45, 7) is 3.07. The Labute approximate surface area is 187 Å². The maximum Gasteiger partial charge on any atom is 0.254 e. The van der Waals surface area contributed by atoms with Gasteiger partial charge < -0.3 is 9.64 Å². The van der Waals surface area contributed by atoms with Crippen LogP contribution in [0.15, 0.2) is 79.4 Å². The smallest absolute Gasteiger partial charge is 0.254 e. The third kappa shape index (κ3) is 4.41. The Bertz CT molecular complexity index is 1200. The van der Waals surface area contributed by atoms with Crippen molar-refractivity contribution in [2.24, 2.45) is 5.92 Å². The van der Waals surface area contributed by atoms with Crippen LogP contribution in [0.5, 0.6) is 0 Å². The average molecular weight is 427 g/mol. The average Bonchev–Trinajstić information content (AvgIpc) is 3.23. The number of hydrogen-bond acceptors (Lipinski definition) is 4. The Kier molecular flexibility index (Phi) is 5.94. The third-order valence-corrected chi connectivity index (χ3v) is 6.04. The van der Waals surface area contributed by atoms with Gasteiger partial charge in [-0.25, -0.2) is 0 Å². The first-order chi connectivity index (χ1) is 15.8. The zero-order chi connectivity index (χ0) is 21.8. The molecule has 0 N–H and O–H groups in total. The summed E-state index contributed by atoms with van der Waals surface area (Å²) in [6.07, 6.45) is 8.26. The van der Waals surface area contributed by atoms with E-state index in [-0.39, 0.29) is 11.8 Å². The lowest BCUT2D eigenvalue weighted by molar-refractivity contribution is 0.0736. The number of pyridine rings is 1. The van der Waals surface area contributed by atoms with Crippen molar-refractivity contribution in [3.63, 3.8) is 0 Å². The van der Waals surface area contributed by atoms with Crippen LogP contribution in [0.4, 0.5) is 0 Å². The fourth-order valence-electron chi connectivity index (χ4n) is 4.47. The minimum atomic E-state index is 0.0605. The van der Waals surface area contributed by atoms with Crippen molar-refractivity contribution < 1.29 is 9.53 Å². The molecular formula is C26H26N4O2. The van der Waals surface area contributed by atoms with Crippen molar-refractivity contribution >= 4 is 16.7 Å². The van der Waals surface area contributed by atoms with Gasteiger partial charge in [-0.2, -0.15) is 5.10 Å². The Balaban J connectivity index is 1.36. The first-order valence-corrected chi connectivity index (χ1v) is 11.0. The standard InChI is InChI=1S/C26H26N4O2/c31-26(25-8-2-1-5-23(25)18-30-12-4-10-28-30)29-13-14-32-19-20(17-29)15-21-6-3-7-22-16-27-11-9-24(21)22/h1-12,16,20H,13-15,17-19H2/t20-/m0/s1. The summed E-state index contributed by atoms with van der Waals surface area (Å²) in [5.41, 5.74) is 2.98. The Morgan fingerprint density at radius 2 is 1.94 bits per heavy atom. The lowest BCUT2D eigenvalue weighted by Gasteiger charge is -2.25. The molecule has 32 heavy (non-hydrogen) atoms. The zero-order valence-corrected chi connectivity index (χ0v) is 17.9. The summed E-state index contributed by atoms with van der Waals surface area (Å²) in [7, 11) is 0. The van der Waals surface area contributed by atoms with Crippen LogP contribution in [0.2, 0.25) is 0 Å². The van der Waals surface area contributed by atoms with E-state index in [4.69, 9.17) is 4.74 Å². The zero-order valence-electron chi connectivity index (χ0n) is 17.9. The van der Waals surface area contributed by atoms with Gasteiger partial charge in [0.2, 0.25) is 0 Å². The van der Waals surface area contributed by atoms with Gasteiger partial charge in [-0.3, -0.25) is 14.5 Å². The molecule has 5 rings (SSSR count). The Morgan fingerprint density at radius 1 is 1.03 bits per heavy atom. The molecule has 4 aromatic rings. The van der Waals surface area contributed by atoms with E-state index in [0.29, 0.717) is 32.8 Å². The highest BCUT2D eigenvalue weighted by Crippen LogP contribution is 2.23. The second kappa shape index (κ2) is 9.32. The van der Waals surface area contributed by atoms with Gasteiger partial charge in [0, 0.05) is 54.7 Å². The number of fused-ring (bicyclic) bond motifs is 1. The van der Waals surface area contributed by atoms with Gasteiger partial charge in [0.05, 0.1) is 19.8 Å². The van der Waals surface area contributed by atoms with E-state index in [1.165, 1.54) is 10.9 Å². The summed E-state index contributed by atoms with van der Waals surface area (Å²) in [5, 5.41) is 6.65. The highest BCUT2D eigenvalue weighted by atomic mass is 16.5. The first-order valence-electron chi connectivity index (χ1n) is 11.0. The molecule has 1 fully saturated rings. The molecule has 0 bridgehead atoms. The highest BCUT2D eigenvalue weighted by Gasteiger charge is 2.25. The molecule has 1 amide bonds. The molecule has 3 heterocycles. The molecule has 6 heteroatoms. The van der Waals surface area contributed by atoms with Crippen LogP contribution in [-0.4, -0.2) is 51.9 Å². The number of benzene rings is 2. The van der Waals surface area contributed by atoms with Crippen LogP contribution >= 0.6 is 0 Å². The van der Waals surface area contributed by atoms with Crippen molar-refractivity contribution in [2.75, 3.05) is 26.3 Å². The SMILES string of the molecule is O=C(c1ccccc1Cn1cccn1)N1CCOC[C@@H](Cc2cccc3cnccc23)C1. The predicted octanol–water partition coefficient (Wildman–Crippen LogP) is 3.81. The van der Waals surface area contributed by atoms with Crippen LogP contribution in [0.1, 0.15) is 21.5 Å². The molecule has 0 saturated carbocycles. The van der Waals surface area contributed by atoms with Crippen molar-refractivity contribution in [3.05, 3.63) is 96.1 Å². The molecule has 2 aromatic carbocycles. The van der Waals surface area contributed by atoms with E-state index < -0.39 is 0 Å². The van der Waals surface area contributed by atoms with E-state index in [1.807, 2.05) is 58.5 Å². The largest absolute Gasteiger partial charge is 0.379 e. The number of ether oxygens (including phenoxy) is 1. The summed E-state index contributed by atoms with van der Waals surface area (Å²) < 4.78 is 7.75. The number of carbonyl (C=O) groups excluding carboxylic acids is 1. The summed E-state index contributed by atoms with van der Waals surface area (Å²) in [4.78, 5) is 19.7. The van der Waals surface area contributed by atoms with Gasteiger partial charge in [0.15, 0.2) is 0 Å². The van der Waals surface area contributed by atoms with Crippen molar-refractivity contribution in [1.82, 2.24) is 19.7 Å². The maximum atomic E-state index is 13.5. The summed E-state index contributed by atoms with van der Waals surface area (Å²) in [5.74, 6) is 0.295. The van der Waals surface area contributed by atoms with Gasteiger partial charge in [-0.15, -0.1) is 0 Å². The van der Waals surface area contributed by atoms with E-state index in [9.17, 15) is 4.79 Å². The van der Waals surface area contributed by atoms with Crippen molar-refractivity contribution in [1.29, 1.82) is 0 Å². The molecule has 0 radical (unpaired) electrons. The van der Waals surface area contributed by atoms with Gasteiger partial charge in [0.25, 0.3) is 5.91 Å². The van der Waals surface area contributed by atoms with Gasteiger partial charge >= 0.3 is 0 Å². The van der Waals surface area contributed by atoms with Gasteiger partial charge in [-0.1, -0.05) is 36.4 Å². The molecule has 0 spiro atoms. The van der Waals surface area contributed by atoms with Crippen LogP contribution in [0.3, 0.4) is 0 Å². The molecule has 0 unspecified atom stereocenters. The molecule has 162 valence electrons. The minimum absolute atomic E-state index is 0.0605. The van der Waals surface area contributed by atoms with E-state index in [2.05, 4.69) is 34.3 Å². The molecule has 1 aliphatic rings. The second-order valence-corrected chi connectivity index (χ2v) is 8.27. The summed E-state index contributed by atoms with van der Waals surface area (Å²) in [6, 6.07) is 18.1. The second-order valence-electron chi connectivity index (χ2n) is 8.27. The van der Waals surface area contributed by atoms with Crippen LogP contribution in [0.25, 0.3) is 10.8 Å². The molecule has 1 aliphatic heterocycles. The Hall–Kier alpha value is -3.51. The number of carbonyl (C=O) groups is 1. The quantitative estimate of drug-likeness (QED) is 0.487. The number of aromatic nitrogens is 3. The molecule has 0 aliphatic carbocycles. The number of hydrogen-bond donors (Lipinski definition) is 0. The van der Waals surface area contributed by atoms with Crippen molar-refractivity contribution in [2.45, 2.75) is 13.0 Å². The van der Waals surface area contributed by atoms with E-state index in [0.717, 1.165) is 22.9 Å². The molecular weight excluding hydrogens is 400 g/mol. The molecule has 6 nitrogen and oxygen atoms in total. The minimum Gasteiger partial charge on any atom is -0.379 e. The maximum absolute atomic E-state index is 13.5. The van der Waals surface area contributed by atoms with Gasteiger partial charge in [0.1, 0.15) is 0 Å². The predicted molar refractivity (Wildman–Crippen MR) is 123 cm³/mol. The fraction of sp³-hybridized carbons (Fsp3) is 0.269. The van der Waals surface area contributed by atoms with Crippen molar-refractivity contribution in [3.8, 4) is 0 Å². The number of amides is 1. The third-order valence-electron chi connectivity index (χ3n) is 6.04. The van der Waals surface area contributed by atoms with E-state index in [1.54, 1.807) is 6.20 Å². The molecule has 2 aromatic heterocycles. The van der Waals surface area contributed by atoms with Gasteiger partial charge in [-0.05, 0) is 41.1 Å². The Morgan fingerprint density at radius 3 is 2.84 bits per heavy atom. The lowest BCUT2D eigenvalue weighted by atomic mass is 9.95. The number of nitrogens with zero attached hydrogens (tertiary/aromatic N) is 4. The van der Waals surface area contributed by atoms with Crippen LogP contribution in [-0.2, 0) is 17.7 Å². The molecule has 1 atom stereocenters.